The van der Waals surface area contributed by atoms with Crippen LogP contribution in [0.4, 0.5) is 5.69 Å². The summed E-state index contributed by atoms with van der Waals surface area (Å²) in [4.78, 5) is 1.19. The largest absolute Gasteiger partial charge is 0.397 e. The van der Waals surface area contributed by atoms with Crippen LogP contribution < -0.4 is 5.73 Å². The number of hydrogen-bond donors (Lipinski definition) is 1. The number of aryl methyl sites for hydroxylation is 1. The molecule has 0 fully saturated rings. The molecule has 3 aromatic carbocycles. The smallest absolute Gasteiger partial charge is 0.0535 e. The average Bonchev–Trinajstić information content (AvgIpc) is 2.61. The molecule has 0 spiro atoms. The summed E-state index contributed by atoms with van der Waals surface area (Å²) >= 11 is 1.83. The fourth-order valence-electron chi connectivity index (χ4n) is 3.44. The van der Waals surface area contributed by atoms with Gasteiger partial charge in [0.05, 0.1) is 5.69 Å². The Kier molecular flexibility index (Phi) is 4.07. The Morgan fingerprint density at radius 1 is 0.958 bits per heavy atom. The van der Waals surface area contributed by atoms with Crippen LogP contribution in [0.1, 0.15) is 30.0 Å². The van der Waals surface area contributed by atoms with Crippen LogP contribution in [-0.2, 0) is 12.2 Å². The molecule has 0 bridgehead atoms. The van der Waals surface area contributed by atoms with Crippen LogP contribution in [0.5, 0.6) is 0 Å². The molecule has 1 nitrogen and oxygen atoms in total. The number of thioether (sulfide) groups is 1. The maximum atomic E-state index is 6.60. The Morgan fingerprint density at radius 3 is 2.58 bits per heavy atom. The normalized spacial score (nSPS) is 13.6. The van der Waals surface area contributed by atoms with E-state index >= 15 is 0 Å². The molecule has 0 atom stereocenters. The molecule has 24 heavy (non-hydrogen) atoms. The Labute approximate surface area is 147 Å². The van der Waals surface area contributed by atoms with Gasteiger partial charge in [-0.3, -0.25) is 0 Å². The molecule has 0 aromatic heterocycles. The van der Waals surface area contributed by atoms with Gasteiger partial charge in [-0.2, -0.15) is 0 Å². The first-order valence-electron chi connectivity index (χ1n) is 8.40. The lowest BCUT2D eigenvalue weighted by molar-refractivity contribution is 0.936. The quantitative estimate of drug-likeness (QED) is 0.466. The van der Waals surface area contributed by atoms with Gasteiger partial charge in [-0.25, -0.2) is 0 Å². The summed E-state index contributed by atoms with van der Waals surface area (Å²) in [5.41, 5.74) is 13.1. The Balaban J connectivity index is 1.74. The highest BCUT2D eigenvalue weighted by atomic mass is 32.2. The molecule has 2 heteroatoms. The van der Waals surface area contributed by atoms with Gasteiger partial charge in [0.2, 0.25) is 0 Å². The first-order chi connectivity index (χ1) is 11.7. The summed E-state index contributed by atoms with van der Waals surface area (Å²) < 4.78 is 0. The molecule has 0 heterocycles. The zero-order valence-electron chi connectivity index (χ0n) is 13.9. The van der Waals surface area contributed by atoms with E-state index in [1.165, 1.54) is 37.9 Å². The molecule has 120 valence electrons. The summed E-state index contributed by atoms with van der Waals surface area (Å²) in [6.45, 7) is 2.21. The average molecular weight is 331 g/mol. The predicted molar refractivity (Wildman–Crippen MR) is 106 cm³/mol. The SMILES string of the molecule is CC1=Cc2ccc3ccc(SCc4ccccc4)c(N)c3c2CC1. The number of allylic oxidation sites excluding steroid dienone is 1. The molecule has 0 saturated carbocycles. The van der Waals surface area contributed by atoms with E-state index in [0.717, 1.165) is 24.3 Å². The third kappa shape index (κ3) is 2.83. The molecule has 2 N–H and O–H groups in total. The minimum absolute atomic E-state index is 0.943. The summed E-state index contributed by atoms with van der Waals surface area (Å²) in [6.07, 6.45) is 4.53. The second kappa shape index (κ2) is 6.37. The molecule has 0 saturated heterocycles. The number of hydrogen-bond acceptors (Lipinski definition) is 2. The van der Waals surface area contributed by atoms with Gasteiger partial charge in [-0.15, -0.1) is 11.8 Å². The minimum atomic E-state index is 0.943. The van der Waals surface area contributed by atoms with Crippen molar-refractivity contribution in [3.05, 3.63) is 76.9 Å². The molecule has 0 amide bonds. The lowest BCUT2D eigenvalue weighted by Crippen LogP contribution is -2.01. The van der Waals surface area contributed by atoms with Gasteiger partial charge >= 0.3 is 0 Å². The predicted octanol–water partition coefficient (Wildman–Crippen LogP) is 6.06. The van der Waals surface area contributed by atoms with Crippen LogP contribution in [0, 0.1) is 0 Å². The molecule has 0 radical (unpaired) electrons. The minimum Gasteiger partial charge on any atom is -0.397 e. The van der Waals surface area contributed by atoms with Crippen LogP contribution in [0.25, 0.3) is 16.8 Å². The van der Waals surface area contributed by atoms with E-state index in [1.54, 1.807) is 0 Å². The molecule has 0 unspecified atom stereocenters. The van der Waals surface area contributed by atoms with Crippen LogP contribution in [0.3, 0.4) is 0 Å². The summed E-state index contributed by atoms with van der Waals surface area (Å²) in [6, 6.07) is 19.4. The van der Waals surface area contributed by atoms with Crippen molar-refractivity contribution in [3.8, 4) is 0 Å². The van der Waals surface area contributed by atoms with E-state index in [9.17, 15) is 0 Å². The first-order valence-corrected chi connectivity index (χ1v) is 9.39. The lowest BCUT2D eigenvalue weighted by Gasteiger charge is -2.19. The zero-order valence-corrected chi connectivity index (χ0v) is 14.7. The Bertz CT molecular complexity index is 926. The van der Waals surface area contributed by atoms with Gasteiger partial charge in [-0.1, -0.05) is 60.2 Å². The number of rotatable bonds is 3. The van der Waals surface area contributed by atoms with Gasteiger partial charge in [0.15, 0.2) is 0 Å². The van der Waals surface area contributed by atoms with Crippen molar-refractivity contribution >= 4 is 34.3 Å². The maximum Gasteiger partial charge on any atom is 0.0535 e. The highest BCUT2D eigenvalue weighted by Crippen LogP contribution is 2.39. The topological polar surface area (TPSA) is 26.0 Å². The number of benzene rings is 3. The Morgan fingerprint density at radius 2 is 1.75 bits per heavy atom. The van der Waals surface area contributed by atoms with Crippen molar-refractivity contribution in [3.63, 3.8) is 0 Å². The van der Waals surface area contributed by atoms with Gasteiger partial charge in [-0.05, 0) is 47.9 Å². The fourth-order valence-corrected chi connectivity index (χ4v) is 4.38. The maximum absolute atomic E-state index is 6.60. The van der Waals surface area contributed by atoms with Crippen molar-refractivity contribution in [2.24, 2.45) is 0 Å². The summed E-state index contributed by atoms with van der Waals surface area (Å²) in [7, 11) is 0. The summed E-state index contributed by atoms with van der Waals surface area (Å²) in [5, 5.41) is 2.51. The van der Waals surface area contributed by atoms with E-state index in [2.05, 4.69) is 67.6 Å². The highest BCUT2D eigenvalue weighted by molar-refractivity contribution is 7.98. The number of anilines is 1. The van der Waals surface area contributed by atoms with E-state index in [1.807, 2.05) is 11.8 Å². The van der Waals surface area contributed by atoms with Gasteiger partial charge in [0, 0.05) is 16.0 Å². The van der Waals surface area contributed by atoms with Crippen molar-refractivity contribution in [1.29, 1.82) is 0 Å². The fraction of sp³-hybridized carbons (Fsp3) is 0.182. The van der Waals surface area contributed by atoms with E-state index in [-0.39, 0.29) is 0 Å². The monoisotopic (exact) mass is 331 g/mol. The Hall–Kier alpha value is -2.19. The first kappa shape index (κ1) is 15.3. The number of nitrogens with two attached hydrogens (primary N) is 1. The zero-order chi connectivity index (χ0) is 16.5. The summed E-state index contributed by atoms with van der Waals surface area (Å²) in [5.74, 6) is 0.949. The third-order valence-electron chi connectivity index (χ3n) is 4.74. The van der Waals surface area contributed by atoms with E-state index < -0.39 is 0 Å². The van der Waals surface area contributed by atoms with Gasteiger partial charge < -0.3 is 5.73 Å². The lowest BCUT2D eigenvalue weighted by atomic mass is 9.88. The second-order valence-electron chi connectivity index (χ2n) is 6.47. The van der Waals surface area contributed by atoms with Crippen molar-refractivity contribution in [2.75, 3.05) is 5.73 Å². The molecular formula is C22H21NS. The van der Waals surface area contributed by atoms with Crippen LogP contribution in [0.15, 0.2) is 65.1 Å². The van der Waals surface area contributed by atoms with Crippen LogP contribution in [-0.4, -0.2) is 0 Å². The molecule has 1 aliphatic carbocycles. The number of nitrogen functional groups attached to an aromatic ring is 1. The van der Waals surface area contributed by atoms with Crippen LogP contribution >= 0.6 is 11.8 Å². The molecule has 3 aromatic rings. The van der Waals surface area contributed by atoms with E-state index in [4.69, 9.17) is 5.73 Å². The van der Waals surface area contributed by atoms with Crippen molar-refractivity contribution in [2.45, 2.75) is 30.4 Å². The second-order valence-corrected chi connectivity index (χ2v) is 7.49. The molecule has 0 aliphatic heterocycles. The van der Waals surface area contributed by atoms with Gasteiger partial charge in [0.1, 0.15) is 0 Å². The highest BCUT2D eigenvalue weighted by Gasteiger charge is 2.15. The van der Waals surface area contributed by atoms with Crippen molar-refractivity contribution < 1.29 is 0 Å². The van der Waals surface area contributed by atoms with E-state index in [0.29, 0.717) is 0 Å². The standard InChI is InChI=1S/C22H21NS/c1-15-7-11-19-18(13-15)9-8-17-10-12-20(22(23)21(17)19)24-14-16-5-3-2-4-6-16/h2-6,8-10,12-13H,7,11,14,23H2,1H3. The van der Waals surface area contributed by atoms with Crippen LogP contribution in [0.2, 0.25) is 0 Å². The molecule has 4 rings (SSSR count). The van der Waals surface area contributed by atoms with Gasteiger partial charge in [0.25, 0.3) is 0 Å². The molecule has 1 aliphatic rings. The third-order valence-corrected chi connectivity index (χ3v) is 5.88. The molecular weight excluding hydrogens is 310 g/mol. The number of fused-ring (bicyclic) bond motifs is 3. The van der Waals surface area contributed by atoms with Crippen molar-refractivity contribution in [1.82, 2.24) is 0 Å².